The van der Waals surface area contributed by atoms with Gasteiger partial charge in [0.1, 0.15) is 0 Å². The van der Waals surface area contributed by atoms with Crippen LogP contribution in [0.1, 0.15) is 19.4 Å². The summed E-state index contributed by atoms with van der Waals surface area (Å²) >= 11 is 0. The topological polar surface area (TPSA) is 24.3 Å². The summed E-state index contributed by atoms with van der Waals surface area (Å²) in [5.41, 5.74) is 3.93. The molecular formula is C17H24N4. The number of para-hydroxylation sites is 2. The van der Waals surface area contributed by atoms with Crippen molar-refractivity contribution in [1.82, 2.24) is 9.78 Å². The lowest BCUT2D eigenvalue weighted by Crippen LogP contribution is -2.29. The molecule has 0 unspecified atom stereocenters. The first-order valence-corrected chi connectivity index (χ1v) is 7.73. The molecule has 0 aliphatic carbocycles. The largest absolute Gasteiger partial charge is 0.373 e. The van der Waals surface area contributed by atoms with E-state index in [-0.39, 0.29) is 0 Å². The van der Waals surface area contributed by atoms with Crippen molar-refractivity contribution in [2.45, 2.75) is 26.9 Å². The first-order chi connectivity index (χ1) is 10.2. The molecule has 0 amide bonds. The van der Waals surface area contributed by atoms with Crippen LogP contribution in [0.3, 0.4) is 0 Å². The van der Waals surface area contributed by atoms with E-state index in [0.29, 0.717) is 5.92 Å². The highest BCUT2D eigenvalue weighted by Gasteiger charge is 2.22. The molecule has 2 heterocycles. The van der Waals surface area contributed by atoms with Crippen LogP contribution in [0.15, 0.2) is 36.7 Å². The van der Waals surface area contributed by atoms with Crippen LogP contribution >= 0.6 is 0 Å². The Balaban J connectivity index is 1.90. The molecule has 4 nitrogen and oxygen atoms in total. The molecule has 0 bridgehead atoms. The monoisotopic (exact) mass is 284 g/mol. The molecule has 1 atom stereocenters. The van der Waals surface area contributed by atoms with Crippen LogP contribution in [-0.4, -0.2) is 29.9 Å². The summed E-state index contributed by atoms with van der Waals surface area (Å²) in [4.78, 5) is 4.86. The molecule has 112 valence electrons. The van der Waals surface area contributed by atoms with Gasteiger partial charge in [-0.15, -0.1) is 0 Å². The fourth-order valence-electron chi connectivity index (χ4n) is 3.18. The normalized spacial score (nSPS) is 18.5. The molecule has 0 spiro atoms. The summed E-state index contributed by atoms with van der Waals surface area (Å²) < 4.78 is 1.99. The number of rotatable bonds is 3. The van der Waals surface area contributed by atoms with Crippen LogP contribution < -0.4 is 9.80 Å². The molecule has 2 aromatic rings. The summed E-state index contributed by atoms with van der Waals surface area (Å²) in [5.74, 6) is 0.642. The number of aryl methyl sites for hydroxylation is 1. The quantitative estimate of drug-likeness (QED) is 0.866. The van der Waals surface area contributed by atoms with Gasteiger partial charge in [0.2, 0.25) is 0 Å². The number of benzene rings is 1. The highest BCUT2D eigenvalue weighted by molar-refractivity contribution is 5.71. The first-order valence-electron chi connectivity index (χ1n) is 7.73. The van der Waals surface area contributed by atoms with Crippen molar-refractivity contribution in [2.24, 2.45) is 5.92 Å². The van der Waals surface area contributed by atoms with Gasteiger partial charge in [0.25, 0.3) is 0 Å². The minimum Gasteiger partial charge on any atom is -0.373 e. The second-order valence-electron chi connectivity index (χ2n) is 6.06. The van der Waals surface area contributed by atoms with Crippen molar-refractivity contribution in [1.29, 1.82) is 0 Å². The summed E-state index contributed by atoms with van der Waals surface area (Å²) in [6, 6.07) is 8.70. The molecule has 0 saturated carbocycles. The number of hydrogen-bond donors (Lipinski definition) is 0. The van der Waals surface area contributed by atoms with E-state index < -0.39 is 0 Å². The average Bonchev–Trinajstić information content (AvgIpc) is 2.89. The van der Waals surface area contributed by atoms with Crippen LogP contribution in [0.4, 0.5) is 11.4 Å². The van der Waals surface area contributed by atoms with E-state index in [1.54, 1.807) is 0 Å². The van der Waals surface area contributed by atoms with Gasteiger partial charge in [-0.05, 0) is 25.0 Å². The summed E-state index contributed by atoms with van der Waals surface area (Å²) in [7, 11) is 2.19. The average molecular weight is 284 g/mol. The Labute approximate surface area is 127 Å². The predicted molar refractivity (Wildman–Crippen MR) is 87.8 cm³/mol. The second kappa shape index (κ2) is 5.80. The summed E-state index contributed by atoms with van der Waals surface area (Å²) in [6.07, 6.45) is 4.15. The Hall–Kier alpha value is -1.97. The highest BCUT2D eigenvalue weighted by atomic mass is 15.3. The zero-order valence-corrected chi connectivity index (χ0v) is 13.2. The van der Waals surface area contributed by atoms with E-state index in [1.165, 1.54) is 16.9 Å². The Kier molecular flexibility index (Phi) is 3.86. The van der Waals surface area contributed by atoms with Crippen molar-refractivity contribution >= 4 is 11.4 Å². The number of fused-ring (bicyclic) bond motifs is 1. The van der Waals surface area contributed by atoms with Crippen LogP contribution in [0.2, 0.25) is 0 Å². The SMILES string of the molecule is CCn1cc(CN2C[C@@H](C)CN(C)c3ccccc32)cn1. The molecule has 21 heavy (non-hydrogen) atoms. The smallest absolute Gasteiger partial charge is 0.0607 e. The fraction of sp³-hybridized carbons (Fsp3) is 0.471. The molecule has 0 N–H and O–H groups in total. The zero-order chi connectivity index (χ0) is 14.8. The molecule has 3 rings (SSSR count). The van der Waals surface area contributed by atoms with Gasteiger partial charge in [-0.3, -0.25) is 4.68 Å². The summed E-state index contributed by atoms with van der Waals surface area (Å²) in [5, 5.41) is 4.39. The molecule has 0 radical (unpaired) electrons. The third kappa shape index (κ3) is 2.89. The van der Waals surface area contributed by atoms with Gasteiger partial charge in [-0.1, -0.05) is 19.1 Å². The lowest BCUT2D eigenvalue weighted by Gasteiger charge is -2.26. The number of aromatic nitrogens is 2. The van der Waals surface area contributed by atoms with Crippen LogP contribution in [0.25, 0.3) is 0 Å². The van der Waals surface area contributed by atoms with Crippen LogP contribution in [0.5, 0.6) is 0 Å². The number of nitrogens with zero attached hydrogens (tertiary/aromatic N) is 4. The summed E-state index contributed by atoms with van der Waals surface area (Å²) in [6.45, 7) is 8.48. The minimum atomic E-state index is 0.642. The maximum Gasteiger partial charge on any atom is 0.0607 e. The lowest BCUT2D eigenvalue weighted by molar-refractivity contribution is 0.570. The number of hydrogen-bond acceptors (Lipinski definition) is 3. The molecule has 0 fully saturated rings. The minimum absolute atomic E-state index is 0.642. The third-order valence-corrected chi connectivity index (χ3v) is 4.14. The fourth-order valence-corrected chi connectivity index (χ4v) is 3.18. The van der Waals surface area contributed by atoms with Crippen molar-refractivity contribution in [3.63, 3.8) is 0 Å². The van der Waals surface area contributed by atoms with E-state index >= 15 is 0 Å². The van der Waals surface area contributed by atoms with Gasteiger partial charge in [-0.2, -0.15) is 5.10 Å². The second-order valence-corrected chi connectivity index (χ2v) is 6.06. The predicted octanol–water partition coefficient (Wildman–Crippen LogP) is 3.00. The standard InChI is InChI=1S/C17H24N4/c1-4-21-13-15(9-18-21)12-20-11-14(2)10-19(3)16-7-5-6-8-17(16)20/h5-9,13-14H,4,10-12H2,1-3H3/t14-/m0/s1. The molecule has 1 aliphatic rings. The Bertz CT molecular complexity index is 604. The maximum absolute atomic E-state index is 4.39. The molecule has 1 aromatic carbocycles. The molecular weight excluding hydrogens is 260 g/mol. The van der Waals surface area contributed by atoms with E-state index in [9.17, 15) is 0 Å². The van der Waals surface area contributed by atoms with Gasteiger partial charge < -0.3 is 9.80 Å². The van der Waals surface area contributed by atoms with E-state index in [4.69, 9.17) is 0 Å². The highest BCUT2D eigenvalue weighted by Crippen LogP contribution is 2.33. The van der Waals surface area contributed by atoms with E-state index in [2.05, 4.69) is 66.3 Å². The third-order valence-electron chi connectivity index (χ3n) is 4.14. The Morgan fingerprint density at radius 2 is 1.95 bits per heavy atom. The zero-order valence-electron chi connectivity index (χ0n) is 13.2. The van der Waals surface area contributed by atoms with Gasteiger partial charge in [0.05, 0.1) is 17.6 Å². The van der Waals surface area contributed by atoms with Gasteiger partial charge >= 0.3 is 0 Å². The molecule has 4 heteroatoms. The van der Waals surface area contributed by atoms with Crippen molar-refractivity contribution in [3.05, 3.63) is 42.2 Å². The first kappa shape index (κ1) is 14.0. The lowest BCUT2D eigenvalue weighted by atomic mass is 10.1. The Morgan fingerprint density at radius 1 is 1.19 bits per heavy atom. The molecule has 0 saturated heterocycles. The molecule has 1 aromatic heterocycles. The van der Waals surface area contributed by atoms with Crippen molar-refractivity contribution < 1.29 is 0 Å². The van der Waals surface area contributed by atoms with Crippen molar-refractivity contribution in [2.75, 3.05) is 29.9 Å². The van der Waals surface area contributed by atoms with Gasteiger partial charge in [0.15, 0.2) is 0 Å². The maximum atomic E-state index is 4.39. The van der Waals surface area contributed by atoms with E-state index in [0.717, 1.165) is 26.2 Å². The van der Waals surface area contributed by atoms with Crippen LogP contribution in [0, 0.1) is 5.92 Å². The van der Waals surface area contributed by atoms with E-state index in [1.807, 2.05) is 10.9 Å². The van der Waals surface area contributed by atoms with Gasteiger partial charge in [-0.25, -0.2) is 0 Å². The number of anilines is 2. The van der Waals surface area contributed by atoms with Gasteiger partial charge in [0, 0.05) is 45.0 Å². The van der Waals surface area contributed by atoms with Crippen molar-refractivity contribution in [3.8, 4) is 0 Å². The Morgan fingerprint density at radius 3 is 2.67 bits per heavy atom. The van der Waals surface area contributed by atoms with Crippen LogP contribution in [-0.2, 0) is 13.1 Å². The molecule has 1 aliphatic heterocycles.